The predicted octanol–water partition coefficient (Wildman–Crippen LogP) is 4.50. The minimum Gasteiger partial charge on any atom is -0.398 e. The highest BCUT2D eigenvalue weighted by atomic mass is 35.5. The number of carbonyl (C=O) groups excluding carboxylic acids is 1. The second kappa shape index (κ2) is 5.58. The van der Waals surface area contributed by atoms with Gasteiger partial charge in [-0.05, 0) is 34.5 Å². The molecule has 0 aromatic heterocycles. The molecule has 0 saturated carbocycles. The molecule has 3 aromatic carbocycles. The van der Waals surface area contributed by atoms with Gasteiger partial charge in [-0.3, -0.25) is 4.79 Å². The quantitative estimate of drug-likeness (QED) is 0.571. The maximum absolute atomic E-state index is 12.4. The molecule has 0 saturated heterocycles. The Balaban J connectivity index is 1.94. The standard InChI is InChI=1S/C18H14ClNO/c19-16-9-8-14(10-17(16)20)18(21)11-13-6-3-5-12-4-1-2-7-15(12)13/h1-10H,11,20H2. The van der Waals surface area contributed by atoms with Gasteiger partial charge >= 0.3 is 0 Å². The van der Waals surface area contributed by atoms with Crippen LogP contribution >= 0.6 is 11.6 Å². The topological polar surface area (TPSA) is 43.1 Å². The van der Waals surface area contributed by atoms with Gasteiger partial charge in [0, 0.05) is 12.0 Å². The molecule has 0 aliphatic heterocycles. The van der Waals surface area contributed by atoms with Crippen LogP contribution < -0.4 is 5.73 Å². The Bertz CT molecular complexity index is 821. The summed E-state index contributed by atoms with van der Waals surface area (Å²) in [5.41, 5.74) is 7.80. The first-order valence-corrected chi connectivity index (χ1v) is 7.08. The zero-order chi connectivity index (χ0) is 14.8. The average molecular weight is 296 g/mol. The van der Waals surface area contributed by atoms with Crippen LogP contribution in [-0.4, -0.2) is 5.78 Å². The number of nitrogen functional groups attached to an aromatic ring is 1. The van der Waals surface area contributed by atoms with Crippen molar-refractivity contribution in [3.05, 3.63) is 76.8 Å². The predicted molar refractivity (Wildman–Crippen MR) is 87.8 cm³/mol. The highest BCUT2D eigenvalue weighted by Crippen LogP contribution is 2.23. The molecule has 0 bridgehead atoms. The Labute approximate surface area is 128 Å². The summed E-state index contributed by atoms with van der Waals surface area (Å²) in [4.78, 5) is 12.4. The van der Waals surface area contributed by atoms with Crippen molar-refractivity contribution in [1.29, 1.82) is 0 Å². The highest BCUT2D eigenvalue weighted by Gasteiger charge is 2.10. The van der Waals surface area contributed by atoms with Gasteiger partial charge in [-0.1, -0.05) is 54.1 Å². The van der Waals surface area contributed by atoms with E-state index in [0.717, 1.165) is 16.3 Å². The SMILES string of the molecule is Nc1cc(C(=O)Cc2cccc3ccccc23)ccc1Cl. The first kappa shape index (κ1) is 13.7. The summed E-state index contributed by atoms with van der Waals surface area (Å²) < 4.78 is 0. The van der Waals surface area contributed by atoms with Crippen molar-refractivity contribution in [3.8, 4) is 0 Å². The van der Waals surface area contributed by atoms with Crippen LogP contribution in [0.2, 0.25) is 5.02 Å². The lowest BCUT2D eigenvalue weighted by atomic mass is 9.97. The van der Waals surface area contributed by atoms with Gasteiger partial charge in [0.1, 0.15) is 0 Å². The largest absolute Gasteiger partial charge is 0.398 e. The number of halogens is 1. The third-order valence-electron chi connectivity index (χ3n) is 3.55. The van der Waals surface area contributed by atoms with Crippen LogP contribution in [0.15, 0.2) is 60.7 Å². The zero-order valence-corrected chi connectivity index (χ0v) is 12.1. The summed E-state index contributed by atoms with van der Waals surface area (Å²) >= 11 is 5.89. The third-order valence-corrected chi connectivity index (χ3v) is 3.89. The Kier molecular flexibility index (Phi) is 3.63. The van der Waals surface area contributed by atoms with Gasteiger partial charge in [0.2, 0.25) is 0 Å². The molecule has 104 valence electrons. The van der Waals surface area contributed by atoms with Crippen molar-refractivity contribution in [2.45, 2.75) is 6.42 Å². The second-order valence-corrected chi connectivity index (χ2v) is 5.38. The normalized spacial score (nSPS) is 10.7. The van der Waals surface area contributed by atoms with Crippen LogP contribution in [-0.2, 0) is 6.42 Å². The minimum absolute atomic E-state index is 0.0368. The molecule has 0 radical (unpaired) electrons. The lowest BCUT2D eigenvalue weighted by Crippen LogP contribution is -2.05. The first-order valence-electron chi connectivity index (χ1n) is 6.70. The van der Waals surface area contributed by atoms with Crippen LogP contribution in [0, 0.1) is 0 Å². The molecule has 3 rings (SSSR count). The maximum Gasteiger partial charge on any atom is 0.167 e. The number of ketones is 1. The van der Waals surface area contributed by atoms with E-state index in [1.54, 1.807) is 18.2 Å². The Morgan fingerprint density at radius 1 is 1.00 bits per heavy atom. The fourth-order valence-electron chi connectivity index (χ4n) is 2.44. The average Bonchev–Trinajstić information content (AvgIpc) is 2.50. The van der Waals surface area contributed by atoms with E-state index in [0.29, 0.717) is 22.7 Å². The summed E-state index contributed by atoms with van der Waals surface area (Å²) in [6, 6.07) is 19.1. The molecule has 0 amide bonds. The number of rotatable bonds is 3. The lowest BCUT2D eigenvalue weighted by Gasteiger charge is -2.07. The maximum atomic E-state index is 12.4. The number of Topliss-reactive ketones (excluding diaryl/α,β-unsaturated/α-hetero) is 1. The summed E-state index contributed by atoms with van der Waals surface area (Å²) in [5, 5.41) is 2.71. The second-order valence-electron chi connectivity index (χ2n) is 4.97. The van der Waals surface area contributed by atoms with Gasteiger partial charge in [0.25, 0.3) is 0 Å². The molecule has 0 fully saturated rings. The highest BCUT2D eigenvalue weighted by molar-refractivity contribution is 6.33. The molecule has 0 heterocycles. The van der Waals surface area contributed by atoms with Crippen LogP contribution in [0.25, 0.3) is 10.8 Å². The molecular formula is C18H14ClNO. The number of hydrogen-bond donors (Lipinski definition) is 1. The Morgan fingerprint density at radius 2 is 1.76 bits per heavy atom. The summed E-state index contributed by atoms with van der Waals surface area (Å²) in [7, 11) is 0. The van der Waals surface area contributed by atoms with Crippen LogP contribution in [0.1, 0.15) is 15.9 Å². The Morgan fingerprint density at radius 3 is 2.57 bits per heavy atom. The zero-order valence-electron chi connectivity index (χ0n) is 11.3. The fourth-order valence-corrected chi connectivity index (χ4v) is 2.56. The van der Waals surface area contributed by atoms with E-state index in [-0.39, 0.29) is 5.78 Å². The van der Waals surface area contributed by atoms with Crippen LogP contribution in [0.3, 0.4) is 0 Å². The monoisotopic (exact) mass is 295 g/mol. The Hall–Kier alpha value is -2.32. The van der Waals surface area contributed by atoms with E-state index >= 15 is 0 Å². The number of hydrogen-bond acceptors (Lipinski definition) is 2. The van der Waals surface area contributed by atoms with Gasteiger partial charge in [-0.2, -0.15) is 0 Å². The third kappa shape index (κ3) is 2.76. The van der Waals surface area contributed by atoms with Crippen molar-refractivity contribution in [1.82, 2.24) is 0 Å². The lowest BCUT2D eigenvalue weighted by molar-refractivity contribution is 0.0993. The van der Waals surface area contributed by atoms with Crippen molar-refractivity contribution < 1.29 is 4.79 Å². The number of fused-ring (bicyclic) bond motifs is 1. The van der Waals surface area contributed by atoms with Crippen molar-refractivity contribution in [2.75, 3.05) is 5.73 Å². The summed E-state index contributed by atoms with van der Waals surface area (Å²) in [6.07, 6.45) is 0.350. The van der Waals surface area contributed by atoms with E-state index in [1.807, 2.05) is 42.5 Å². The van der Waals surface area contributed by atoms with Crippen LogP contribution in [0.4, 0.5) is 5.69 Å². The molecule has 0 spiro atoms. The molecule has 3 aromatic rings. The van der Waals surface area contributed by atoms with Gasteiger partial charge < -0.3 is 5.73 Å². The van der Waals surface area contributed by atoms with Gasteiger partial charge in [0.05, 0.1) is 10.7 Å². The molecule has 0 aliphatic rings. The number of carbonyl (C=O) groups is 1. The van der Waals surface area contributed by atoms with Gasteiger partial charge in [-0.15, -0.1) is 0 Å². The molecule has 3 heteroatoms. The smallest absolute Gasteiger partial charge is 0.167 e. The summed E-state index contributed by atoms with van der Waals surface area (Å²) in [5.74, 6) is 0.0368. The molecule has 0 unspecified atom stereocenters. The minimum atomic E-state index is 0.0368. The molecular weight excluding hydrogens is 282 g/mol. The van der Waals surface area contributed by atoms with Crippen molar-refractivity contribution in [3.63, 3.8) is 0 Å². The van der Waals surface area contributed by atoms with Gasteiger partial charge in [-0.25, -0.2) is 0 Å². The van der Waals surface area contributed by atoms with E-state index < -0.39 is 0 Å². The van der Waals surface area contributed by atoms with Crippen molar-refractivity contribution >= 4 is 33.8 Å². The number of anilines is 1. The number of nitrogens with two attached hydrogens (primary N) is 1. The fraction of sp³-hybridized carbons (Fsp3) is 0.0556. The molecule has 21 heavy (non-hydrogen) atoms. The molecule has 2 N–H and O–H groups in total. The first-order chi connectivity index (χ1) is 10.1. The van der Waals surface area contributed by atoms with E-state index in [1.165, 1.54) is 0 Å². The molecule has 0 atom stereocenters. The van der Waals surface area contributed by atoms with Crippen LogP contribution in [0.5, 0.6) is 0 Å². The van der Waals surface area contributed by atoms with E-state index in [4.69, 9.17) is 17.3 Å². The molecule has 0 aliphatic carbocycles. The number of benzene rings is 3. The summed E-state index contributed by atoms with van der Waals surface area (Å²) in [6.45, 7) is 0. The molecule has 2 nitrogen and oxygen atoms in total. The van der Waals surface area contributed by atoms with Crippen molar-refractivity contribution in [2.24, 2.45) is 0 Å². The van der Waals surface area contributed by atoms with E-state index in [9.17, 15) is 4.79 Å². The van der Waals surface area contributed by atoms with Gasteiger partial charge in [0.15, 0.2) is 5.78 Å². The van der Waals surface area contributed by atoms with E-state index in [2.05, 4.69) is 0 Å².